The molecular weight excluding hydrogens is 369 g/mol. The largest absolute Gasteiger partial charge is 0.506 e. The highest BCUT2D eigenvalue weighted by Crippen LogP contribution is 2.42. The SMILES string of the molecule is NC(=O)c1c(NC(=O)Nc2ccc(F)cc2)sc2c(Cl)c(O)ccc12. The third-order valence-corrected chi connectivity index (χ3v) is 4.99. The first-order chi connectivity index (χ1) is 11.9. The quantitative estimate of drug-likeness (QED) is 0.549. The number of carbonyl (C=O) groups is 2. The molecule has 128 valence electrons. The molecule has 0 aliphatic carbocycles. The van der Waals surface area contributed by atoms with Crippen molar-refractivity contribution in [1.82, 2.24) is 0 Å². The second-order valence-corrected chi connectivity index (χ2v) is 6.43. The number of anilines is 2. The third-order valence-electron chi connectivity index (χ3n) is 3.35. The normalized spacial score (nSPS) is 10.6. The summed E-state index contributed by atoms with van der Waals surface area (Å²) in [5, 5.41) is 15.4. The van der Waals surface area contributed by atoms with E-state index in [1.807, 2.05) is 0 Å². The number of thiophene rings is 1. The highest BCUT2D eigenvalue weighted by molar-refractivity contribution is 7.24. The lowest BCUT2D eigenvalue weighted by atomic mass is 10.1. The molecule has 1 heterocycles. The van der Waals surface area contributed by atoms with Gasteiger partial charge in [-0.2, -0.15) is 0 Å². The van der Waals surface area contributed by atoms with Crippen LogP contribution in [0.25, 0.3) is 10.1 Å². The van der Waals surface area contributed by atoms with E-state index in [0.29, 0.717) is 15.8 Å². The lowest BCUT2D eigenvalue weighted by Gasteiger charge is -2.07. The summed E-state index contributed by atoms with van der Waals surface area (Å²) in [5.74, 6) is -1.32. The Kier molecular flexibility index (Phi) is 4.47. The van der Waals surface area contributed by atoms with E-state index in [-0.39, 0.29) is 21.3 Å². The van der Waals surface area contributed by atoms with Gasteiger partial charge in [-0.05, 0) is 36.4 Å². The number of amides is 3. The van der Waals surface area contributed by atoms with Crippen LogP contribution in [0.4, 0.5) is 19.9 Å². The topological polar surface area (TPSA) is 104 Å². The van der Waals surface area contributed by atoms with Crippen molar-refractivity contribution in [1.29, 1.82) is 0 Å². The van der Waals surface area contributed by atoms with Gasteiger partial charge in [-0.15, -0.1) is 11.3 Å². The number of rotatable bonds is 3. The van der Waals surface area contributed by atoms with Gasteiger partial charge in [-0.3, -0.25) is 10.1 Å². The van der Waals surface area contributed by atoms with E-state index in [2.05, 4.69) is 10.6 Å². The van der Waals surface area contributed by atoms with E-state index in [9.17, 15) is 19.1 Å². The molecule has 0 atom stereocenters. The molecule has 0 aliphatic heterocycles. The lowest BCUT2D eigenvalue weighted by molar-refractivity contribution is 0.100. The summed E-state index contributed by atoms with van der Waals surface area (Å²) in [6.45, 7) is 0. The zero-order chi connectivity index (χ0) is 18.1. The third kappa shape index (κ3) is 3.35. The van der Waals surface area contributed by atoms with Crippen molar-refractivity contribution in [2.45, 2.75) is 0 Å². The molecule has 3 rings (SSSR count). The van der Waals surface area contributed by atoms with Gasteiger partial charge in [0.05, 0.1) is 10.3 Å². The molecule has 0 spiro atoms. The fraction of sp³-hybridized carbons (Fsp3) is 0. The maximum atomic E-state index is 12.9. The van der Waals surface area contributed by atoms with Gasteiger partial charge in [0.2, 0.25) is 0 Å². The average Bonchev–Trinajstić information content (AvgIpc) is 2.92. The molecule has 0 fully saturated rings. The first-order valence-electron chi connectivity index (χ1n) is 6.94. The Labute approximate surface area is 150 Å². The number of urea groups is 1. The van der Waals surface area contributed by atoms with Crippen LogP contribution >= 0.6 is 22.9 Å². The molecule has 1 aromatic heterocycles. The van der Waals surface area contributed by atoms with Crippen LogP contribution in [0.5, 0.6) is 5.75 Å². The highest BCUT2D eigenvalue weighted by Gasteiger charge is 2.21. The van der Waals surface area contributed by atoms with Crippen molar-refractivity contribution in [3.8, 4) is 5.75 Å². The molecule has 0 bridgehead atoms. The number of benzene rings is 2. The average molecular weight is 380 g/mol. The van der Waals surface area contributed by atoms with Crippen LogP contribution in [0.2, 0.25) is 5.02 Å². The zero-order valence-electron chi connectivity index (χ0n) is 12.5. The number of nitrogens with two attached hydrogens (primary N) is 1. The minimum Gasteiger partial charge on any atom is -0.506 e. The Morgan fingerprint density at radius 3 is 2.44 bits per heavy atom. The van der Waals surface area contributed by atoms with Crippen LogP contribution in [0, 0.1) is 5.82 Å². The first kappa shape index (κ1) is 17.0. The molecular formula is C16H11ClFN3O3S. The van der Waals surface area contributed by atoms with Crippen LogP contribution in [0.1, 0.15) is 10.4 Å². The Morgan fingerprint density at radius 2 is 1.80 bits per heavy atom. The number of hydrogen-bond donors (Lipinski definition) is 4. The van der Waals surface area contributed by atoms with Gasteiger partial charge in [0, 0.05) is 11.1 Å². The standard InChI is InChI=1S/C16H11ClFN3O3S/c17-12-10(22)6-5-9-11(14(19)23)15(25-13(9)12)21-16(24)20-8-3-1-7(18)2-4-8/h1-6,22H,(H2,19,23)(H2,20,21,24). The second kappa shape index (κ2) is 6.58. The second-order valence-electron chi connectivity index (χ2n) is 5.03. The zero-order valence-corrected chi connectivity index (χ0v) is 14.0. The highest BCUT2D eigenvalue weighted by atomic mass is 35.5. The molecule has 25 heavy (non-hydrogen) atoms. The minimum absolute atomic E-state index is 0.0667. The van der Waals surface area contributed by atoms with E-state index in [1.54, 1.807) is 0 Å². The van der Waals surface area contributed by atoms with Crippen molar-refractivity contribution in [2.75, 3.05) is 10.6 Å². The van der Waals surface area contributed by atoms with Crippen molar-refractivity contribution < 1.29 is 19.1 Å². The molecule has 6 nitrogen and oxygen atoms in total. The predicted octanol–water partition coefficient (Wildman–Crippen LogP) is 4.14. The van der Waals surface area contributed by atoms with E-state index < -0.39 is 17.8 Å². The number of phenols is 1. The summed E-state index contributed by atoms with van der Waals surface area (Å²) >= 11 is 7.05. The van der Waals surface area contributed by atoms with Gasteiger partial charge in [-0.25, -0.2) is 9.18 Å². The van der Waals surface area contributed by atoms with Crippen LogP contribution in [0.15, 0.2) is 36.4 Å². The molecule has 0 saturated carbocycles. The van der Waals surface area contributed by atoms with Crippen molar-refractivity contribution in [2.24, 2.45) is 5.73 Å². The first-order valence-corrected chi connectivity index (χ1v) is 8.13. The van der Waals surface area contributed by atoms with Crippen LogP contribution in [0.3, 0.4) is 0 Å². The summed E-state index contributed by atoms with van der Waals surface area (Å²) in [7, 11) is 0. The number of aromatic hydroxyl groups is 1. The number of hydrogen-bond acceptors (Lipinski definition) is 4. The Balaban J connectivity index is 1.93. The Hall–Kier alpha value is -2.84. The number of fused-ring (bicyclic) bond motifs is 1. The number of primary amides is 1. The van der Waals surface area contributed by atoms with Crippen LogP contribution in [-0.2, 0) is 0 Å². The number of phenolic OH excluding ortho intramolecular Hbond substituents is 1. The van der Waals surface area contributed by atoms with Gasteiger partial charge in [-0.1, -0.05) is 11.6 Å². The molecule has 9 heteroatoms. The summed E-state index contributed by atoms with van der Waals surface area (Å²) in [4.78, 5) is 23.9. The molecule has 0 unspecified atom stereocenters. The monoisotopic (exact) mass is 379 g/mol. The van der Waals surface area contributed by atoms with Crippen molar-refractivity contribution in [3.05, 3.63) is 52.8 Å². The summed E-state index contributed by atoms with van der Waals surface area (Å²) in [5.41, 5.74) is 5.87. The fourth-order valence-corrected chi connectivity index (χ4v) is 3.66. The Bertz CT molecular complexity index is 988. The maximum Gasteiger partial charge on any atom is 0.324 e. The van der Waals surface area contributed by atoms with Gasteiger partial charge >= 0.3 is 6.03 Å². The number of carbonyl (C=O) groups excluding carboxylic acids is 2. The van der Waals surface area contributed by atoms with Gasteiger partial charge in [0.1, 0.15) is 21.6 Å². The van der Waals surface area contributed by atoms with E-state index >= 15 is 0 Å². The molecule has 0 saturated heterocycles. The van der Waals surface area contributed by atoms with E-state index in [1.165, 1.54) is 36.4 Å². The Morgan fingerprint density at radius 1 is 1.12 bits per heavy atom. The van der Waals surface area contributed by atoms with Crippen molar-refractivity contribution >= 4 is 55.7 Å². The van der Waals surface area contributed by atoms with E-state index in [4.69, 9.17) is 17.3 Å². The minimum atomic E-state index is -0.745. The fourth-order valence-electron chi connectivity index (χ4n) is 2.25. The smallest absolute Gasteiger partial charge is 0.324 e. The van der Waals surface area contributed by atoms with Crippen LogP contribution in [-0.4, -0.2) is 17.0 Å². The number of nitrogens with one attached hydrogen (secondary N) is 2. The molecule has 2 aromatic carbocycles. The maximum absolute atomic E-state index is 12.9. The summed E-state index contributed by atoms with van der Waals surface area (Å²) in [6.07, 6.45) is 0. The van der Waals surface area contributed by atoms with Gasteiger partial charge in [0.25, 0.3) is 5.91 Å². The van der Waals surface area contributed by atoms with E-state index in [0.717, 1.165) is 11.3 Å². The number of halogens is 2. The molecule has 3 amide bonds. The summed E-state index contributed by atoms with van der Waals surface area (Å²) < 4.78 is 13.3. The molecule has 0 radical (unpaired) electrons. The molecule has 3 aromatic rings. The molecule has 5 N–H and O–H groups in total. The van der Waals surface area contributed by atoms with Gasteiger partial charge < -0.3 is 16.2 Å². The summed E-state index contributed by atoms with van der Waals surface area (Å²) in [6, 6.07) is 7.38. The van der Waals surface area contributed by atoms with Crippen molar-refractivity contribution in [3.63, 3.8) is 0 Å². The molecule has 0 aliphatic rings. The van der Waals surface area contributed by atoms with Gasteiger partial charge in [0.15, 0.2) is 0 Å². The predicted molar refractivity (Wildman–Crippen MR) is 96.1 cm³/mol. The van der Waals surface area contributed by atoms with Crippen LogP contribution < -0.4 is 16.4 Å². The lowest BCUT2D eigenvalue weighted by Crippen LogP contribution is -2.21.